The molecule has 0 unspecified atom stereocenters. The van der Waals surface area contributed by atoms with Gasteiger partial charge in [-0.1, -0.05) is 79.4 Å². The number of aryl methyl sites for hydroxylation is 1. The number of halogens is 2. The van der Waals surface area contributed by atoms with E-state index in [9.17, 15) is 9.59 Å². The Morgan fingerprint density at radius 3 is 2.43 bits per heavy atom. The van der Waals surface area contributed by atoms with Crippen molar-refractivity contribution >= 4 is 35.0 Å². The predicted molar refractivity (Wildman–Crippen MR) is 124 cm³/mol. The molecule has 0 fully saturated rings. The fourth-order valence-corrected chi connectivity index (χ4v) is 3.68. The molecule has 162 valence electrons. The van der Waals surface area contributed by atoms with Gasteiger partial charge in [-0.3, -0.25) is 9.59 Å². The summed E-state index contributed by atoms with van der Waals surface area (Å²) in [5.74, 6) is -0.215. The van der Waals surface area contributed by atoms with E-state index in [2.05, 4.69) is 12.2 Å². The molecule has 1 atom stereocenters. The molecule has 6 heteroatoms. The van der Waals surface area contributed by atoms with Gasteiger partial charge < -0.3 is 10.2 Å². The average Bonchev–Trinajstić information content (AvgIpc) is 2.70. The van der Waals surface area contributed by atoms with Crippen LogP contribution in [0.2, 0.25) is 10.0 Å². The number of amides is 2. The zero-order valence-corrected chi connectivity index (χ0v) is 19.4. The van der Waals surface area contributed by atoms with Crippen molar-refractivity contribution in [1.82, 2.24) is 10.2 Å². The number of unbranched alkanes of at least 4 members (excludes halogenated alkanes) is 1. The molecule has 2 aromatic rings. The van der Waals surface area contributed by atoms with Crippen LogP contribution >= 0.6 is 23.2 Å². The van der Waals surface area contributed by atoms with Crippen molar-refractivity contribution < 1.29 is 9.59 Å². The van der Waals surface area contributed by atoms with Crippen LogP contribution in [0.4, 0.5) is 0 Å². The summed E-state index contributed by atoms with van der Waals surface area (Å²) in [4.78, 5) is 27.8. The summed E-state index contributed by atoms with van der Waals surface area (Å²) in [6.07, 6.45) is 2.67. The van der Waals surface area contributed by atoms with Gasteiger partial charge in [0.25, 0.3) is 0 Å². The van der Waals surface area contributed by atoms with E-state index in [4.69, 9.17) is 23.2 Å². The van der Waals surface area contributed by atoms with Gasteiger partial charge >= 0.3 is 0 Å². The van der Waals surface area contributed by atoms with E-state index >= 15 is 0 Å². The van der Waals surface area contributed by atoms with Crippen LogP contribution in [0.5, 0.6) is 0 Å². The summed E-state index contributed by atoms with van der Waals surface area (Å²) >= 11 is 12.2. The van der Waals surface area contributed by atoms with Crippen LogP contribution in [0.15, 0.2) is 42.5 Å². The standard InChI is InChI=1S/C24H30Cl2N2O2/c1-4-6-12-27-24(30)22(5-2)28(16-19-10-11-20(25)21(26)14-19)23(29)15-18-9-7-8-17(3)13-18/h7-11,13-14,22H,4-6,12,15-16H2,1-3H3,(H,27,30)/t22-/m0/s1. The summed E-state index contributed by atoms with van der Waals surface area (Å²) in [7, 11) is 0. The minimum atomic E-state index is -0.548. The molecule has 2 amide bonds. The Balaban J connectivity index is 2.28. The Labute approximate surface area is 189 Å². The van der Waals surface area contributed by atoms with Gasteiger partial charge in [0.05, 0.1) is 16.5 Å². The molecule has 2 aromatic carbocycles. The number of hydrogen-bond acceptors (Lipinski definition) is 2. The lowest BCUT2D eigenvalue weighted by atomic mass is 10.1. The van der Waals surface area contributed by atoms with E-state index in [1.807, 2.05) is 44.2 Å². The summed E-state index contributed by atoms with van der Waals surface area (Å²) in [5.41, 5.74) is 2.86. The van der Waals surface area contributed by atoms with Crippen LogP contribution in [0.25, 0.3) is 0 Å². The molecule has 0 saturated heterocycles. The predicted octanol–water partition coefficient (Wildman–Crippen LogP) is 5.57. The minimum Gasteiger partial charge on any atom is -0.354 e. The fraction of sp³-hybridized carbons (Fsp3) is 0.417. The van der Waals surface area contributed by atoms with Crippen LogP contribution in [-0.4, -0.2) is 29.3 Å². The van der Waals surface area contributed by atoms with Gasteiger partial charge in [-0.15, -0.1) is 0 Å². The van der Waals surface area contributed by atoms with E-state index in [0.29, 0.717) is 29.6 Å². The molecule has 0 aliphatic rings. The molecule has 0 heterocycles. The molecule has 0 saturated carbocycles. The highest BCUT2D eigenvalue weighted by molar-refractivity contribution is 6.42. The topological polar surface area (TPSA) is 49.4 Å². The maximum Gasteiger partial charge on any atom is 0.242 e. The van der Waals surface area contributed by atoms with Gasteiger partial charge in [-0.2, -0.15) is 0 Å². The first-order valence-electron chi connectivity index (χ1n) is 10.4. The first-order chi connectivity index (χ1) is 14.3. The van der Waals surface area contributed by atoms with Crippen molar-refractivity contribution in [2.45, 2.75) is 59.0 Å². The smallest absolute Gasteiger partial charge is 0.242 e. The average molecular weight is 449 g/mol. The molecular formula is C24H30Cl2N2O2. The van der Waals surface area contributed by atoms with Crippen molar-refractivity contribution in [2.24, 2.45) is 0 Å². The summed E-state index contributed by atoms with van der Waals surface area (Å²) in [5, 5.41) is 3.86. The molecule has 0 bridgehead atoms. The largest absolute Gasteiger partial charge is 0.354 e. The molecular weight excluding hydrogens is 419 g/mol. The zero-order chi connectivity index (χ0) is 22.1. The van der Waals surface area contributed by atoms with Crippen molar-refractivity contribution in [3.8, 4) is 0 Å². The first-order valence-corrected chi connectivity index (χ1v) is 11.2. The lowest BCUT2D eigenvalue weighted by Crippen LogP contribution is -2.49. The summed E-state index contributed by atoms with van der Waals surface area (Å²) in [6.45, 7) is 6.90. The number of nitrogens with zero attached hydrogens (tertiary/aromatic N) is 1. The molecule has 1 N–H and O–H groups in total. The summed E-state index contributed by atoms with van der Waals surface area (Å²) < 4.78 is 0. The number of nitrogens with one attached hydrogen (secondary N) is 1. The van der Waals surface area contributed by atoms with E-state index < -0.39 is 6.04 Å². The Morgan fingerprint density at radius 2 is 1.80 bits per heavy atom. The Morgan fingerprint density at radius 1 is 1.03 bits per heavy atom. The second kappa shape index (κ2) is 12.0. The maximum atomic E-state index is 13.3. The van der Waals surface area contributed by atoms with Crippen LogP contribution in [0, 0.1) is 6.92 Å². The second-order valence-electron chi connectivity index (χ2n) is 7.50. The highest BCUT2D eigenvalue weighted by Crippen LogP contribution is 2.24. The van der Waals surface area contributed by atoms with E-state index in [0.717, 1.165) is 29.5 Å². The van der Waals surface area contributed by atoms with E-state index in [-0.39, 0.29) is 18.2 Å². The van der Waals surface area contributed by atoms with Crippen LogP contribution < -0.4 is 5.32 Å². The minimum absolute atomic E-state index is 0.0934. The molecule has 0 aromatic heterocycles. The van der Waals surface area contributed by atoms with Crippen LogP contribution in [0.1, 0.15) is 49.8 Å². The highest BCUT2D eigenvalue weighted by atomic mass is 35.5. The maximum absolute atomic E-state index is 13.3. The van der Waals surface area contributed by atoms with Crippen LogP contribution in [-0.2, 0) is 22.6 Å². The third-order valence-electron chi connectivity index (χ3n) is 4.99. The first kappa shape index (κ1) is 24.2. The molecule has 0 aliphatic heterocycles. The normalized spacial score (nSPS) is 11.8. The molecule has 4 nitrogen and oxygen atoms in total. The number of benzene rings is 2. The van der Waals surface area contributed by atoms with Gasteiger partial charge in [0, 0.05) is 13.1 Å². The zero-order valence-electron chi connectivity index (χ0n) is 17.9. The summed E-state index contributed by atoms with van der Waals surface area (Å²) in [6, 6.07) is 12.6. The molecule has 0 spiro atoms. The quantitative estimate of drug-likeness (QED) is 0.483. The van der Waals surface area contributed by atoms with Crippen molar-refractivity contribution in [3.05, 3.63) is 69.2 Å². The fourth-order valence-electron chi connectivity index (χ4n) is 3.36. The second-order valence-corrected chi connectivity index (χ2v) is 8.32. The molecule has 0 aliphatic carbocycles. The lowest BCUT2D eigenvalue weighted by Gasteiger charge is -2.31. The highest BCUT2D eigenvalue weighted by Gasteiger charge is 2.28. The monoisotopic (exact) mass is 448 g/mol. The van der Waals surface area contributed by atoms with Gasteiger partial charge in [0.2, 0.25) is 11.8 Å². The van der Waals surface area contributed by atoms with Gasteiger partial charge in [0.15, 0.2) is 0 Å². The SMILES string of the molecule is CCCCNC(=O)[C@H](CC)N(Cc1ccc(Cl)c(Cl)c1)C(=O)Cc1cccc(C)c1. The number of carbonyl (C=O) groups is 2. The van der Waals surface area contributed by atoms with Gasteiger partial charge in [0.1, 0.15) is 6.04 Å². The van der Waals surface area contributed by atoms with Gasteiger partial charge in [-0.05, 0) is 43.0 Å². The molecule has 0 radical (unpaired) electrons. The van der Waals surface area contributed by atoms with Gasteiger partial charge in [-0.25, -0.2) is 0 Å². The van der Waals surface area contributed by atoms with E-state index in [1.165, 1.54) is 0 Å². The molecule has 30 heavy (non-hydrogen) atoms. The number of hydrogen-bond donors (Lipinski definition) is 1. The number of carbonyl (C=O) groups excluding carboxylic acids is 2. The van der Waals surface area contributed by atoms with Crippen molar-refractivity contribution in [2.75, 3.05) is 6.54 Å². The third-order valence-corrected chi connectivity index (χ3v) is 5.73. The van der Waals surface area contributed by atoms with Crippen molar-refractivity contribution in [1.29, 1.82) is 0 Å². The lowest BCUT2D eigenvalue weighted by molar-refractivity contribution is -0.140. The Kier molecular flexibility index (Phi) is 9.67. The van der Waals surface area contributed by atoms with Crippen LogP contribution in [0.3, 0.4) is 0 Å². The Hall–Kier alpha value is -2.04. The number of rotatable bonds is 10. The third kappa shape index (κ3) is 7.03. The Bertz CT molecular complexity index is 870. The van der Waals surface area contributed by atoms with E-state index in [1.54, 1.807) is 17.0 Å². The molecule has 2 rings (SSSR count). The van der Waals surface area contributed by atoms with Crippen molar-refractivity contribution in [3.63, 3.8) is 0 Å².